The number of aliphatic hydroxyl groups excluding tert-OH is 3. The monoisotopic (exact) mass is 254 g/mol. The van der Waals surface area contributed by atoms with E-state index in [4.69, 9.17) is 14.6 Å². The highest BCUT2D eigenvalue weighted by Gasteiger charge is 2.38. The smallest absolute Gasteiger partial charge is 0.111 e. The molecule has 0 bridgehead atoms. The molecule has 1 aliphatic rings. The molecule has 1 aromatic carbocycles. The first-order valence-electron chi connectivity index (χ1n) is 5.96. The molecule has 0 aromatic heterocycles. The molecule has 5 heteroatoms. The molecule has 100 valence electrons. The van der Waals surface area contributed by atoms with Crippen molar-refractivity contribution in [2.75, 3.05) is 13.2 Å². The minimum absolute atomic E-state index is 0.163. The Morgan fingerprint density at radius 3 is 2.56 bits per heavy atom. The van der Waals surface area contributed by atoms with E-state index in [0.717, 1.165) is 5.56 Å². The summed E-state index contributed by atoms with van der Waals surface area (Å²) in [5.74, 6) is 0. The first-order valence-corrected chi connectivity index (χ1v) is 5.96. The average molecular weight is 254 g/mol. The molecule has 4 unspecified atom stereocenters. The number of rotatable bonds is 4. The largest absolute Gasteiger partial charge is 0.394 e. The lowest BCUT2D eigenvalue weighted by Crippen LogP contribution is -2.54. The second-order valence-electron chi connectivity index (χ2n) is 4.37. The summed E-state index contributed by atoms with van der Waals surface area (Å²) in [5.41, 5.74) is 0.989. The van der Waals surface area contributed by atoms with Crippen molar-refractivity contribution in [1.82, 2.24) is 0 Å². The molecule has 1 heterocycles. The van der Waals surface area contributed by atoms with Gasteiger partial charge in [-0.3, -0.25) is 0 Å². The maximum absolute atomic E-state index is 9.85. The van der Waals surface area contributed by atoms with Gasteiger partial charge in [-0.2, -0.15) is 0 Å². The molecule has 0 aliphatic carbocycles. The van der Waals surface area contributed by atoms with Gasteiger partial charge in [0, 0.05) is 0 Å². The van der Waals surface area contributed by atoms with Crippen LogP contribution in [0.5, 0.6) is 0 Å². The predicted octanol–water partition coefficient (Wildman–Crippen LogP) is -0.315. The standard InChI is InChI=1S/C13H18O5/c14-6-10-12(15)13(16)11(8-18-10)17-7-9-4-2-1-3-5-9/h1-5,10-16H,6-8H2. The van der Waals surface area contributed by atoms with Crippen molar-refractivity contribution in [3.8, 4) is 0 Å². The summed E-state index contributed by atoms with van der Waals surface area (Å²) in [6.07, 6.45) is -3.48. The minimum atomic E-state index is -1.12. The van der Waals surface area contributed by atoms with Gasteiger partial charge in [-0.1, -0.05) is 30.3 Å². The van der Waals surface area contributed by atoms with Crippen LogP contribution in [0.2, 0.25) is 0 Å². The van der Waals surface area contributed by atoms with Crippen LogP contribution in [0.15, 0.2) is 30.3 Å². The van der Waals surface area contributed by atoms with Crippen LogP contribution in [0.4, 0.5) is 0 Å². The van der Waals surface area contributed by atoms with Crippen LogP contribution in [0.25, 0.3) is 0 Å². The predicted molar refractivity (Wildman–Crippen MR) is 63.9 cm³/mol. The average Bonchev–Trinajstić information content (AvgIpc) is 2.42. The van der Waals surface area contributed by atoms with Crippen molar-refractivity contribution in [1.29, 1.82) is 0 Å². The molecule has 1 saturated heterocycles. The van der Waals surface area contributed by atoms with E-state index < -0.39 is 24.4 Å². The van der Waals surface area contributed by atoms with Gasteiger partial charge in [-0.05, 0) is 5.56 Å². The van der Waals surface area contributed by atoms with Gasteiger partial charge in [0.05, 0.1) is 19.8 Å². The molecule has 0 radical (unpaired) electrons. The van der Waals surface area contributed by atoms with Gasteiger partial charge in [0.25, 0.3) is 0 Å². The summed E-state index contributed by atoms with van der Waals surface area (Å²) >= 11 is 0. The molecule has 0 saturated carbocycles. The highest BCUT2D eigenvalue weighted by Crippen LogP contribution is 2.18. The molecule has 1 aromatic rings. The second-order valence-corrected chi connectivity index (χ2v) is 4.37. The number of ether oxygens (including phenoxy) is 2. The van der Waals surface area contributed by atoms with Gasteiger partial charge in [0.15, 0.2) is 0 Å². The Morgan fingerprint density at radius 2 is 1.89 bits per heavy atom. The van der Waals surface area contributed by atoms with Crippen LogP contribution in [-0.2, 0) is 16.1 Å². The van der Waals surface area contributed by atoms with Gasteiger partial charge < -0.3 is 24.8 Å². The van der Waals surface area contributed by atoms with E-state index in [1.165, 1.54) is 0 Å². The maximum Gasteiger partial charge on any atom is 0.111 e. The fraction of sp³-hybridized carbons (Fsp3) is 0.538. The third-order valence-corrected chi connectivity index (χ3v) is 3.07. The molecule has 18 heavy (non-hydrogen) atoms. The normalized spacial score (nSPS) is 32.4. The van der Waals surface area contributed by atoms with Crippen LogP contribution < -0.4 is 0 Å². The first-order chi connectivity index (χ1) is 8.72. The molecular formula is C13H18O5. The van der Waals surface area contributed by atoms with Crippen molar-refractivity contribution in [2.24, 2.45) is 0 Å². The van der Waals surface area contributed by atoms with E-state index >= 15 is 0 Å². The molecule has 3 N–H and O–H groups in total. The van der Waals surface area contributed by atoms with Crippen molar-refractivity contribution in [3.63, 3.8) is 0 Å². The van der Waals surface area contributed by atoms with Crippen LogP contribution in [-0.4, -0.2) is 52.9 Å². The lowest BCUT2D eigenvalue weighted by atomic mass is 10.0. The van der Waals surface area contributed by atoms with E-state index in [1.807, 2.05) is 30.3 Å². The fourth-order valence-corrected chi connectivity index (χ4v) is 1.94. The number of benzene rings is 1. The Kier molecular flexibility index (Phi) is 4.68. The first kappa shape index (κ1) is 13.5. The molecule has 0 spiro atoms. The number of hydrogen-bond acceptors (Lipinski definition) is 5. The van der Waals surface area contributed by atoms with Crippen molar-refractivity contribution in [2.45, 2.75) is 31.0 Å². The zero-order valence-corrected chi connectivity index (χ0v) is 9.98. The molecule has 0 amide bonds. The Morgan fingerprint density at radius 1 is 1.17 bits per heavy atom. The summed E-state index contributed by atoms with van der Waals surface area (Å²) < 4.78 is 10.8. The molecule has 1 fully saturated rings. The van der Waals surface area contributed by atoms with Gasteiger partial charge in [0.1, 0.15) is 24.4 Å². The third kappa shape index (κ3) is 3.07. The van der Waals surface area contributed by atoms with E-state index in [0.29, 0.717) is 6.61 Å². The van der Waals surface area contributed by atoms with Gasteiger partial charge in [-0.25, -0.2) is 0 Å². The molecule has 4 atom stereocenters. The maximum atomic E-state index is 9.85. The summed E-state index contributed by atoms with van der Waals surface area (Å²) in [5, 5.41) is 28.5. The van der Waals surface area contributed by atoms with Crippen molar-refractivity contribution >= 4 is 0 Å². The SMILES string of the molecule is OCC1OCC(OCc2ccccc2)C(O)C1O. The fourth-order valence-electron chi connectivity index (χ4n) is 1.94. The molecule has 1 aliphatic heterocycles. The van der Waals surface area contributed by atoms with E-state index in [1.54, 1.807) is 0 Å². The van der Waals surface area contributed by atoms with Gasteiger partial charge >= 0.3 is 0 Å². The zero-order chi connectivity index (χ0) is 13.0. The lowest BCUT2D eigenvalue weighted by molar-refractivity contribution is -0.211. The van der Waals surface area contributed by atoms with Gasteiger partial charge in [0.2, 0.25) is 0 Å². The highest BCUT2D eigenvalue weighted by molar-refractivity contribution is 5.13. The van der Waals surface area contributed by atoms with Crippen LogP contribution in [0.1, 0.15) is 5.56 Å². The topological polar surface area (TPSA) is 79.2 Å². The quantitative estimate of drug-likeness (QED) is 0.686. The summed E-state index contributed by atoms with van der Waals surface area (Å²) in [6.45, 7) is 0.197. The molecule has 5 nitrogen and oxygen atoms in total. The van der Waals surface area contributed by atoms with E-state index in [-0.39, 0.29) is 13.2 Å². The Labute approximate surface area is 106 Å². The van der Waals surface area contributed by atoms with Crippen LogP contribution in [0.3, 0.4) is 0 Å². The Balaban J connectivity index is 1.87. The highest BCUT2D eigenvalue weighted by atomic mass is 16.6. The van der Waals surface area contributed by atoms with Crippen LogP contribution in [0, 0.1) is 0 Å². The summed E-state index contributed by atoms with van der Waals surface area (Å²) in [6, 6.07) is 9.57. The Bertz CT molecular complexity index is 356. The Hall–Kier alpha value is -0.980. The van der Waals surface area contributed by atoms with Crippen molar-refractivity contribution < 1.29 is 24.8 Å². The second kappa shape index (κ2) is 6.26. The molecule has 2 rings (SSSR count). The third-order valence-electron chi connectivity index (χ3n) is 3.07. The van der Waals surface area contributed by atoms with E-state index in [2.05, 4.69) is 0 Å². The van der Waals surface area contributed by atoms with Crippen molar-refractivity contribution in [3.05, 3.63) is 35.9 Å². The summed E-state index contributed by atoms with van der Waals surface area (Å²) in [7, 11) is 0. The number of hydrogen-bond donors (Lipinski definition) is 3. The minimum Gasteiger partial charge on any atom is -0.394 e. The van der Waals surface area contributed by atoms with Crippen LogP contribution >= 0.6 is 0 Å². The van der Waals surface area contributed by atoms with Gasteiger partial charge in [-0.15, -0.1) is 0 Å². The van der Waals surface area contributed by atoms with E-state index in [9.17, 15) is 10.2 Å². The molecular weight excluding hydrogens is 236 g/mol. The number of aliphatic hydroxyl groups is 3. The lowest BCUT2D eigenvalue weighted by Gasteiger charge is -2.36. The summed E-state index contributed by atoms with van der Waals surface area (Å²) in [4.78, 5) is 0. The zero-order valence-electron chi connectivity index (χ0n) is 9.98.